The molecule has 0 aliphatic rings. The van der Waals surface area contributed by atoms with Gasteiger partial charge < -0.3 is 10.4 Å². The van der Waals surface area contributed by atoms with Gasteiger partial charge >= 0.3 is 0 Å². The van der Waals surface area contributed by atoms with Crippen LogP contribution in [-0.4, -0.2) is 29.7 Å². The van der Waals surface area contributed by atoms with Gasteiger partial charge in [0.1, 0.15) is 10.7 Å². The summed E-state index contributed by atoms with van der Waals surface area (Å²) in [6, 6.07) is 7.55. The Labute approximate surface area is 160 Å². The molecule has 0 spiro atoms. The minimum absolute atomic E-state index is 0.184. The Bertz CT molecular complexity index is 1090. The smallest absolute Gasteiger partial charge is 0.188 e. The van der Waals surface area contributed by atoms with Crippen molar-refractivity contribution in [3.8, 4) is 11.3 Å². The van der Waals surface area contributed by atoms with Crippen molar-refractivity contribution in [2.45, 2.75) is 25.3 Å². The lowest BCUT2D eigenvalue weighted by atomic mass is 10.1. The van der Waals surface area contributed by atoms with Gasteiger partial charge in [0.2, 0.25) is 0 Å². The number of sulfone groups is 1. The summed E-state index contributed by atoms with van der Waals surface area (Å²) in [6.07, 6.45) is 0.956. The van der Waals surface area contributed by atoms with Gasteiger partial charge in [-0.05, 0) is 44.2 Å². The van der Waals surface area contributed by atoms with E-state index in [1.165, 1.54) is 23.5 Å². The zero-order valence-electron chi connectivity index (χ0n) is 14.9. The highest BCUT2D eigenvalue weighted by Crippen LogP contribution is 2.33. The van der Waals surface area contributed by atoms with Crippen molar-refractivity contribution >= 4 is 32.0 Å². The molecule has 0 atom stereocenters. The molecule has 9 heteroatoms. The number of pyridine rings is 1. The number of hydrogen-bond donors (Lipinski definition) is 2. The zero-order chi connectivity index (χ0) is 19.8. The van der Waals surface area contributed by atoms with Crippen LogP contribution in [0.25, 0.3) is 11.3 Å². The van der Waals surface area contributed by atoms with Crippen LogP contribution < -0.4 is 5.32 Å². The first-order chi connectivity index (χ1) is 12.7. The first-order valence-corrected chi connectivity index (χ1v) is 10.7. The molecule has 0 amide bonds. The van der Waals surface area contributed by atoms with E-state index in [1.54, 1.807) is 0 Å². The van der Waals surface area contributed by atoms with Gasteiger partial charge in [-0.2, -0.15) is 0 Å². The summed E-state index contributed by atoms with van der Waals surface area (Å²) in [7, 11) is -3.63. The Morgan fingerprint density at radius 2 is 1.81 bits per heavy atom. The lowest BCUT2D eigenvalue weighted by molar-refractivity contribution is 0.286. The number of rotatable bonds is 5. The number of aliphatic hydroxyl groups excluding tert-OH is 1. The molecule has 0 aliphatic heterocycles. The Hall–Kier alpha value is -2.36. The highest BCUT2D eigenvalue weighted by atomic mass is 32.2. The Morgan fingerprint density at radius 3 is 2.37 bits per heavy atom. The van der Waals surface area contributed by atoms with Crippen LogP contribution in [0.3, 0.4) is 0 Å². The van der Waals surface area contributed by atoms with Crippen molar-refractivity contribution in [3.63, 3.8) is 0 Å². The third-order valence-corrected chi connectivity index (χ3v) is 5.86. The van der Waals surface area contributed by atoms with Crippen molar-refractivity contribution in [1.82, 2.24) is 9.97 Å². The quantitative estimate of drug-likeness (QED) is 0.671. The molecule has 0 aliphatic carbocycles. The Kier molecular flexibility index (Phi) is 5.27. The number of anilines is 2. The van der Waals surface area contributed by atoms with Gasteiger partial charge in [-0.15, -0.1) is 0 Å². The van der Waals surface area contributed by atoms with Crippen LogP contribution in [-0.2, 0) is 16.4 Å². The largest absolute Gasteiger partial charge is 0.391 e. The molecular weight excluding hydrogens is 389 g/mol. The molecule has 0 radical (unpaired) electrons. The molecule has 2 N–H and O–H groups in total. The predicted octanol–water partition coefficient (Wildman–Crippen LogP) is 3.60. The monoisotopic (exact) mass is 407 g/mol. The molecule has 3 rings (SSSR count). The minimum atomic E-state index is -3.63. The average Bonchev–Trinajstić information content (AvgIpc) is 2.95. The summed E-state index contributed by atoms with van der Waals surface area (Å²) >= 11 is 1.24. The first kappa shape index (κ1) is 19.4. The van der Waals surface area contributed by atoms with E-state index in [4.69, 9.17) is 0 Å². The first-order valence-electron chi connectivity index (χ1n) is 8.00. The van der Waals surface area contributed by atoms with Crippen LogP contribution in [0.5, 0.6) is 0 Å². The zero-order valence-corrected chi connectivity index (χ0v) is 16.6. The number of aryl methyl sites for hydroxylation is 2. The normalized spacial score (nSPS) is 11.6. The van der Waals surface area contributed by atoms with E-state index < -0.39 is 15.7 Å². The van der Waals surface area contributed by atoms with E-state index in [0.29, 0.717) is 21.4 Å². The van der Waals surface area contributed by atoms with Crippen LogP contribution in [0.4, 0.5) is 15.2 Å². The molecule has 0 fully saturated rings. The maximum Gasteiger partial charge on any atom is 0.188 e. The van der Waals surface area contributed by atoms with Gasteiger partial charge in [-0.1, -0.05) is 11.3 Å². The molecular formula is C18H18FN3O3S2. The summed E-state index contributed by atoms with van der Waals surface area (Å²) in [4.78, 5) is 9.15. The molecule has 0 bridgehead atoms. The summed E-state index contributed by atoms with van der Waals surface area (Å²) in [5.74, 6) is -0.831. The van der Waals surface area contributed by atoms with Gasteiger partial charge in [0.15, 0.2) is 15.0 Å². The average molecular weight is 407 g/mol. The van der Waals surface area contributed by atoms with Gasteiger partial charge in [0.25, 0.3) is 0 Å². The fourth-order valence-electron chi connectivity index (χ4n) is 2.71. The summed E-state index contributed by atoms with van der Waals surface area (Å²) < 4.78 is 37.1. The number of aliphatic hydroxyl groups is 1. The Morgan fingerprint density at radius 1 is 1.15 bits per heavy atom. The molecule has 1 aromatic carbocycles. The number of halogens is 1. The summed E-state index contributed by atoms with van der Waals surface area (Å²) in [5, 5.41) is 13.1. The molecule has 0 saturated carbocycles. The maximum absolute atomic E-state index is 14.1. The molecule has 0 unspecified atom stereocenters. The van der Waals surface area contributed by atoms with Crippen LogP contribution >= 0.6 is 11.3 Å². The van der Waals surface area contributed by atoms with Crippen LogP contribution in [0.1, 0.15) is 16.3 Å². The molecule has 27 heavy (non-hydrogen) atoms. The van der Waals surface area contributed by atoms with E-state index >= 15 is 0 Å². The van der Waals surface area contributed by atoms with E-state index in [2.05, 4.69) is 15.3 Å². The van der Waals surface area contributed by atoms with Crippen molar-refractivity contribution in [1.29, 1.82) is 0 Å². The second-order valence-electron chi connectivity index (χ2n) is 6.13. The topological polar surface area (TPSA) is 92.2 Å². The van der Waals surface area contributed by atoms with Gasteiger partial charge in [0, 0.05) is 28.9 Å². The second-order valence-corrected chi connectivity index (χ2v) is 9.20. The number of thiazole rings is 1. The fraction of sp³-hybridized carbons (Fsp3) is 0.222. The molecule has 2 heterocycles. The van der Waals surface area contributed by atoms with Crippen LogP contribution in [0.2, 0.25) is 0 Å². The molecule has 2 aromatic heterocycles. The Balaban J connectivity index is 1.95. The van der Waals surface area contributed by atoms with E-state index in [1.807, 2.05) is 26.0 Å². The van der Waals surface area contributed by atoms with Crippen molar-refractivity contribution in [3.05, 3.63) is 52.4 Å². The number of nitrogens with zero attached hydrogens (tertiary/aromatic N) is 2. The molecule has 3 aromatic rings. The van der Waals surface area contributed by atoms with E-state index in [-0.39, 0.29) is 11.5 Å². The standard InChI is InChI=1S/C18H18FN3O3S2/c1-10-6-12(7-11(2)20-10)17-15(9-23)26-18(22-17)21-13-4-5-16(14(19)8-13)27(3,24)25/h4-8,23H,9H2,1-3H3,(H,21,22). The molecule has 0 saturated heterocycles. The van der Waals surface area contributed by atoms with Crippen molar-refractivity contribution < 1.29 is 17.9 Å². The third kappa shape index (κ3) is 4.32. The van der Waals surface area contributed by atoms with Crippen molar-refractivity contribution in [2.24, 2.45) is 0 Å². The number of nitrogens with one attached hydrogen (secondary N) is 1. The van der Waals surface area contributed by atoms with Crippen LogP contribution in [0.15, 0.2) is 35.2 Å². The SMILES string of the molecule is Cc1cc(-c2nc(Nc3ccc(S(C)(=O)=O)c(F)c3)sc2CO)cc(C)n1. The highest BCUT2D eigenvalue weighted by molar-refractivity contribution is 7.90. The fourth-order valence-corrected chi connectivity index (χ4v) is 4.30. The predicted molar refractivity (Wildman–Crippen MR) is 104 cm³/mol. The minimum Gasteiger partial charge on any atom is -0.391 e. The number of benzene rings is 1. The summed E-state index contributed by atoms with van der Waals surface area (Å²) in [5.41, 5.74) is 3.52. The number of hydrogen-bond acceptors (Lipinski definition) is 7. The van der Waals surface area contributed by atoms with Gasteiger partial charge in [0.05, 0.1) is 17.2 Å². The number of aromatic nitrogens is 2. The second kappa shape index (κ2) is 7.34. The highest BCUT2D eigenvalue weighted by Gasteiger charge is 2.16. The lowest BCUT2D eigenvalue weighted by Crippen LogP contribution is -2.01. The maximum atomic E-state index is 14.1. The third-order valence-electron chi connectivity index (χ3n) is 3.78. The van der Waals surface area contributed by atoms with Gasteiger partial charge in [-0.25, -0.2) is 17.8 Å². The summed E-state index contributed by atoms with van der Waals surface area (Å²) in [6.45, 7) is 3.58. The van der Waals surface area contributed by atoms with E-state index in [0.717, 1.165) is 29.3 Å². The van der Waals surface area contributed by atoms with Gasteiger partial charge in [-0.3, -0.25) is 4.98 Å². The van der Waals surface area contributed by atoms with Crippen molar-refractivity contribution in [2.75, 3.05) is 11.6 Å². The molecule has 142 valence electrons. The van der Waals surface area contributed by atoms with Crippen LogP contribution in [0, 0.1) is 19.7 Å². The van der Waals surface area contributed by atoms with E-state index in [9.17, 15) is 17.9 Å². The molecule has 6 nitrogen and oxygen atoms in total. The lowest BCUT2D eigenvalue weighted by Gasteiger charge is -2.05.